The lowest BCUT2D eigenvalue weighted by atomic mass is 9.77. The number of anilines is 1. The van der Waals surface area contributed by atoms with E-state index >= 15 is 0 Å². The molecule has 0 saturated carbocycles. The third-order valence-electron chi connectivity index (χ3n) is 6.94. The minimum absolute atomic E-state index is 0.0641. The van der Waals surface area contributed by atoms with Crippen LogP contribution in [-0.2, 0) is 14.4 Å². The highest BCUT2D eigenvalue weighted by Gasteiger charge is 2.68. The van der Waals surface area contributed by atoms with Gasteiger partial charge < -0.3 is 21.3 Å². The summed E-state index contributed by atoms with van der Waals surface area (Å²) < 4.78 is 0.589. The highest BCUT2D eigenvalue weighted by molar-refractivity contribution is 9.10. The van der Waals surface area contributed by atoms with Crippen LogP contribution in [0.15, 0.2) is 46.9 Å². The Bertz CT molecular complexity index is 1300. The number of benzene rings is 2. The second kappa shape index (κ2) is 9.94. The number of primary amides is 1. The van der Waals surface area contributed by atoms with Gasteiger partial charge in [-0.25, -0.2) is 9.69 Å². The maximum atomic E-state index is 13.8. The number of carbonyl (C=O) groups is 5. The van der Waals surface area contributed by atoms with Gasteiger partial charge in [-0.05, 0) is 62.2 Å². The zero-order chi connectivity index (χ0) is 27.1. The van der Waals surface area contributed by atoms with Crippen LogP contribution in [-0.4, -0.2) is 51.9 Å². The SMILES string of the molecule is CC(=O)c1ccc(N2C(=O)C3C(c4cc(Br)ccc4O)NC(CCCNC(N)=O)(C(=O)O)C3C2=O)cc1. The molecule has 2 aromatic carbocycles. The molecule has 2 aromatic rings. The summed E-state index contributed by atoms with van der Waals surface area (Å²) in [4.78, 5) is 64.0. The standard InChI is InChI=1S/C25H25BrN4O7/c1-12(31)13-3-6-15(7-4-13)30-21(33)18-19(22(30)34)25(23(35)36,9-2-10-28-24(27)37)29-20(18)16-11-14(26)5-8-17(16)32/h3-8,11,18-20,29,32H,2,9-10H2,1H3,(H,35,36)(H3,27,28,37). The number of phenolic OH excluding ortho intramolecular Hbond substituents is 1. The molecule has 0 bridgehead atoms. The minimum Gasteiger partial charge on any atom is -0.508 e. The zero-order valence-electron chi connectivity index (χ0n) is 19.7. The number of carbonyl (C=O) groups excluding carboxylic acids is 4. The number of Topliss-reactive ketones (excluding diaryl/α,β-unsaturated/α-hetero) is 1. The van der Waals surface area contributed by atoms with Crippen LogP contribution in [0.25, 0.3) is 0 Å². The lowest BCUT2D eigenvalue weighted by Crippen LogP contribution is -2.56. The number of aliphatic carboxylic acids is 1. The molecular formula is C25H25BrN4O7. The Morgan fingerprint density at radius 1 is 1.14 bits per heavy atom. The molecule has 0 aromatic heterocycles. The first kappa shape index (κ1) is 26.3. The fourth-order valence-electron chi connectivity index (χ4n) is 5.26. The third-order valence-corrected chi connectivity index (χ3v) is 7.43. The van der Waals surface area contributed by atoms with Crippen LogP contribution in [0.4, 0.5) is 10.5 Å². The summed E-state index contributed by atoms with van der Waals surface area (Å²) in [6, 6.07) is 8.70. The van der Waals surface area contributed by atoms with Gasteiger partial charge in [0.2, 0.25) is 11.8 Å². The summed E-state index contributed by atoms with van der Waals surface area (Å²) in [6.45, 7) is 1.45. The molecule has 2 aliphatic rings. The Kier molecular flexibility index (Phi) is 7.07. The molecule has 0 radical (unpaired) electrons. The second-order valence-electron chi connectivity index (χ2n) is 9.11. The molecule has 11 nitrogen and oxygen atoms in total. The lowest BCUT2D eigenvalue weighted by Gasteiger charge is -2.31. The molecule has 2 saturated heterocycles. The van der Waals surface area contributed by atoms with Crippen LogP contribution in [0.3, 0.4) is 0 Å². The number of carboxylic acids is 1. The van der Waals surface area contributed by atoms with Crippen LogP contribution >= 0.6 is 15.9 Å². The lowest BCUT2D eigenvalue weighted by molar-refractivity contribution is -0.149. The monoisotopic (exact) mass is 572 g/mol. The highest BCUT2D eigenvalue weighted by Crippen LogP contribution is 2.52. The molecule has 0 aliphatic carbocycles. The van der Waals surface area contributed by atoms with Crippen molar-refractivity contribution in [3.63, 3.8) is 0 Å². The number of aromatic hydroxyl groups is 1. The van der Waals surface area contributed by atoms with Crippen molar-refractivity contribution in [1.82, 2.24) is 10.6 Å². The Morgan fingerprint density at radius 2 is 1.81 bits per heavy atom. The van der Waals surface area contributed by atoms with E-state index in [1.165, 1.54) is 37.3 Å². The van der Waals surface area contributed by atoms with E-state index in [2.05, 4.69) is 26.6 Å². The highest BCUT2D eigenvalue weighted by atomic mass is 79.9. The van der Waals surface area contributed by atoms with E-state index in [4.69, 9.17) is 5.73 Å². The van der Waals surface area contributed by atoms with E-state index in [9.17, 15) is 34.2 Å². The fourth-order valence-corrected chi connectivity index (χ4v) is 5.63. The molecule has 2 heterocycles. The second-order valence-corrected chi connectivity index (χ2v) is 10.0. The Labute approximate surface area is 220 Å². The number of nitrogens with one attached hydrogen (secondary N) is 2. The molecule has 0 spiro atoms. The first-order chi connectivity index (χ1) is 17.5. The van der Waals surface area contributed by atoms with Crippen molar-refractivity contribution in [2.75, 3.05) is 11.4 Å². The van der Waals surface area contributed by atoms with Crippen LogP contribution in [0, 0.1) is 11.8 Å². The van der Waals surface area contributed by atoms with Crippen molar-refractivity contribution in [2.45, 2.75) is 31.3 Å². The van der Waals surface area contributed by atoms with Gasteiger partial charge in [-0.3, -0.25) is 24.5 Å². The van der Waals surface area contributed by atoms with Gasteiger partial charge in [0, 0.05) is 28.2 Å². The van der Waals surface area contributed by atoms with E-state index in [0.717, 1.165) is 4.90 Å². The first-order valence-corrected chi connectivity index (χ1v) is 12.3. The van der Waals surface area contributed by atoms with Crippen molar-refractivity contribution < 1.29 is 34.2 Å². The molecule has 12 heteroatoms. The fraction of sp³-hybridized carbons (Fsp3) is 0.320. The summed E-state index contributed by atoms with van der Waals surface area (Å²) in [5, 5.41) is 26.4. The number of amides is 4. The predicted octanol–water partition coefficient (Wildman–Crippen LogP) is 2.08. The normalized spacial score (nSPS) is 24.7. The molecule has 194 valence electrons. The number of fused-ring (bicyclic) bond motifs is 1. The molecule has 2 aliphatic heterocycles. The average molecular weight is 573 g/mol. The Hall–Kier alpha value is -3.77. The number of nitrogens with two attached hydrogens (primary N) is 1. The van der Waals surface area contributed by atoms with Gasteiger partial charge >= 0.3 is 12.0 Å². The molecule has 37 heavy (non-hydrogen) atoms. The number of carboxylic acid groups (broad SMARTS) is 1. The molecule has 4 unspecified atom stereocenters. The summed E-state index contributed by atoms with van der Waals surface area (Å²) in [6.07, 6.45) is 0.0443. The molecule has 4 rings (SSSR count). The summed E-state index contributed by atoms with van der Waals surface area (Å²) in [7, 11) is 0. The van der Waals surface area contributed by atoms with Crippen LogP contribution < -0.4 is 21.3 Å². The van der Waals surface area contributed by atoms with Gasteiger partial charge in [0.15, 0.2) is 5.78 Å². The first-order valence-electron chi connectivity index (χ1n) is 11.5. The van der Waals surface area contributed by atoms with E-state index < -0.39 is 47.2 Å². The van der Waals surface area contributed by atoms with Gasteiger partial charge in [-0.2, -0.15) is 0 Å². The van der Waals surface area contributed by atoms with E-state index in [-0.39, 0.29) is 42.2 Å². The van der Waals surface area contributed by atoms with Crippen molar-refractivity contribution >= 4 is 51.2 Å². The summed E-state index contributed by atoms with van der Waals surface area (Å²) >= 11 is 3.34. The van der Waals surface area contributed by atoms with Crippen molar-refractivity contribution in [2.24, 2.45) is 17.6 Å². The number of nitrogens with zero attached hydrogens (tertiary/aromatic N) is 1. The van der Waals surface area contributed by atoms with Crippen molar-refractivity contribution in [1.29, 1.82) is 0 Å². The van der Waals surface area contributed by atoms with Crippen LogP contribution in [0.2, 0.25) is 0 Å². The minimum atomic E-state index is -1.87. The molecular weight excluding hydrogens is 548 g/mol. The summed E-state index contributed by atoms with van der Waals surface area (Å²) in [5.41, 5.74) is 4.10. The van der Waals surface area contributed by atoms with E-state index in [0.29, 0.717) is 10.0 Å². The van der Waals surface area contributed by atoms with Crippen molar-refractivity contribution in [3.8, 4) is 5.75 Å². The van der Waals surface area contributed by atoms with Gasteiger partial charge in [0.25, 0.3) is 0 Å². The number of ketones is 1. The largest absolute Gasteiger partial charge is 0.508 e. The number of hydrogen-bond acceptors (Lipinski definition) is 7. The van der Waals surface area contributed by atoms with E-state index in [1.54, 1.807) is 12.1 Å². The molecule has 4 amide bonds. The van der Waals surface area contributed by atoms with Gasteiger partial charge in [0.05, 0.1) is 17.5 Å². The molecule has 6 N–H and O–H groups in total. The maximum absolute atomic E-state index is 13.8. The zero-order valence-corrected chi connectivity index (χ0v) is 21.3. The van der Waals surface area contributed by atoms with Gasteiger partial charge in [-0.1, -0.05) is 15.9 Å². The smallest absolute Gasteiger partial charge is 0.324 e. The maximum Gasteiger partial charge on any atom is 0.324 e. The number of halogens is 1. The quantitative estimate of drug-likeness (QED) is 0.181. The Morgan fingerprint density at radius 3 is 2.41 bits per heavy atom. The third kappa shape index (κ3) is 4.58. The van der Waals surface area contributed by atoms with Gasteiger partial charge in [0.1, 0.15) is 11.3 Å². The summed E-state index contributed by atoms with van der Waals surface area (Å²) in [5.74, 6) is -5.47. The predicted molar refractivity (Wildman–Crippen MR) is 135 cm³/mol. The number of hydrogen-bond donors (Lipinski definition) is 5. The molecule has 4 atom stereocenters. The number of phenols is 1. The van der Waals surface area contributed by atoms with Crippen LogP contribution in [0.1, 0.15) is 41.7 Å². The van der Waals surface area contributed by atoms with E-state index in [1.807, 2.05) is 0 Å². The molecule has 2 fully saturated rings. The van der Waals surface area contributed by atoms with Crippen LogP contribution in [0.5, 0.6) is 5.75 Å². The van der Waals surface area contributed by atoms with Gasteiger partial charge in [-0.15, -0.1) is 0 Å². The topological polar surface area (TPSA) is 179 Å². The number of rotatable bonds is 8. The number of imide groups is 1. The number of urea groups is 1. The van der Waals surface area contributed by atoms with Crippen molar-refractivity contribution in [3.05, 3.63) is 58.1 Å². The average Bonchev–Trinajstić information content (AvgIpc) is 3.32. The Balaban J connectivity index is 1.80.